The summed E-state index contributed by atoms with van der Waals surface area (Å²) >= 11 is 11.7. The van der Waals surface area contributed by atoms with E-state index in [1.165, 1.54) is 5.56 Å². The number of halogens is 1. The molecule has 3 heterocycles. The number of hydrogen-bond acceptors (Lipinski definition) is 5. The van der Waals surface area contributed by atoms with E-state index in [2.05, 4.69) is 27.9 Å². The second-order valence-electron chi connectivity index (χ2n) is 7.42. The molecule has 0 bridgehead atoms. The van der Waals surface area contributed by atoms with Crippen LogP contribution in [-0.2, 0) is 6.42 Å². The molecule has 5 rings (SSSR count). The van der Waals surface area contributed by atoms with Crippen molar-refractivity contribution in [1.82, 2.24) is 19.5 Å². The van der Waals surface area contributed by atoms with E-state index in [1.54, 1.807) is 16.7 Å². The first-order valence-corrected chi connectivity index (χ1v) is 10.4. The molecule has 1 aliphatic rings. The van der Waals surface area contributed by atoms with Gasteiger partial charge in [-0.2, -0.15) is 4.98 Å². The van der Waals surface area contributed by atoms with Crippen LogP contribution in [0.3, 0.4) is 0 Å². The van der Waals surface area contributed by atoms with Crippen molar-refractivity contribution in [2.24, 2.45) is 0 Å². The summed E-state index contributed by atoms with van der Waals surface area (Å²) in [6.45, 7) is 3.96. The summed E-state index contributed by atoms with van der Waals surface area (Å²) in [7, 11) is 0. The number of hydrogen-bond donors (Lipinski definition) is 1. The molecule has 1 N–H and O–H groups in total. The molecule has 0 amide bonds. The van der Waals surface area contributed by atoms with Crippen LogP contribution < -0.4 is 10.5 Å². The van der Waals surface area contributed by atoms with Crippen molar-refractivity contribution in [3.8, 4) is 5.69 Å². The largest absolute Gasteiger partial charge is 0.309 e. The Hall–Kier alpha value is -3.03. The molecule has 0 fully saturated rings. The van der Waals surface area contributed by atoms with Gasteiger partial charge in [-0.15, -0.1) is 0 Å². The Bertz CT molecular complexity index is 1410. The highest BCUT2D eigenvalue weighted by Crippen LogP contribution is 2.36. The highest BCUT2D eigenvalue weighted by molar-refractivity contribution is 7.71. The average Bonchev–Trinajstić information content (AvgIpc) is 3.04. The maximum Gasteiger partial charge on any atom is 0.264 e. The summed E-state index contributed by atoms with van der Waals surface area (Å²) in [6, 6.07) is 15.6. The van der Waals surface area contributed by atoms with E-state index >= 15 is 0 Å². The lowest BCUT2D eigenvalue weighted by Crippen LogP contribution is -2.28. The Morgan fingerprint density at radius 2 is 1.87 bits per heavy atom. The third-order valence-corrected chi connectivity index (χ3v) is 6.06. The minimum Gasteiger partial charge on any atom is -0.309 e. The number of nitrogens with one attached hydrogen (secondary N) is 1. The van der Waals surface area contributed by atoms with Crippen LogP contribution in [0.25, 0.3) is 16.7 Å². The van der Waals surface area contributed by atoms with Gasteiger partial charge in [0.25, 0.3) is 5.56 Å². The molecule has 4 aromatic rings. The molecule has 2 aromatic heterocycles. The second kappa shape index (κ2) is 7.04. The van der Waals surface area contributed by atoms with Gasteiger partial charge in [0.1, 0.15) is 15.9 Å². The van der Waals surface area contributed by atoms with Gasteiger partial charge in [-0.1, -0.05) is 42.0 Å². The Morgan fingerprint density at radius 3 is 2.63 bits per heavy atom. The van der Waals surface area contributed by atoms with Gasteiger partial charge in [-0.05, 0) is 56.2 Å². The van der Waals surface area contributed by atoms with Crippen LogP contribution in [0.2, 0.25) is 5.02 Å². The number of para-hydroxylation sites is 1. The molecule has 0 saturated heterocycles. The molecule has 150 valence electrons. The third-order valence-electron chi connectivity index (χ3n) is 5.42. The van der Waals surface area contributed by atoms with E-state index in [9.17, 15) is 4.79 Å². The normalized spacial score (nSPS) is 15.6. The van der Waals surface area contributed by atoms with Crippen LogP contribution in [0.4, 0.5) is 11.6 Å². The van der Waals surface area contributed by atoms with E-state index in [4.69, 9.17) is 28.8 Å². The zero-order valence-corrected chi connectivity index (χ0v) is 18.0. The second-order valence-corrected chi connectivity index (χ2v) is 8.24. The fourth-order valence-electron chi connectivity index (χ4n) is 4.08. The number of rotatable bonds is 2. The number of nitrogens with zero attached hydrogens (tertiary/aromatic N) is 4. The zero-order valence-electron chi connectivity index (χ0n) is 16.4. The number of H-pyrrole nitrogens is 1. The summed E-state index contributed by atoms with van der Waals surface area (Å²) in [4.78, 5) is 27.4. The topological polar surface area (TPSA) is 66.8 Å². The van der Waals surface area contributed by atoms with Gasteiger partial charge < -0.3 is 4.90 Å². The SMILES string of the molecule is Cc1nc2nc(N3c4ccccc4C[C@H]3C)[nH]c(=O)c2c(=S)n1-c1ccc(Cl)cc1. The number of benzene rings is 2. The molecule has 8 heteroatoms. The first-order chi connectivity index (χ1) is 14.4. The van der Waals surface area contributed by atoms with Gasteiger partial charge in [0.15, 0.2) is 5.65 Å². The van der Waals surface area contributed by atoms with Crippen molar-refractivity contribution >= 4 is 46.5 Å². The summed E-state index contributed by atoms with van der Waals surface area (Å²) in [5.41, 5.74) is 3.12. The van der Waals surface area contributed by atoms with Crippen LogP contribution in [0.5, 0.6) is 0 Å². The maximum absolute atomic E-state index is 13.1. The third kappa shape index (κ3) is 2.93. The predicted molar refractivity (Wildman–Crippen MR) is 122 cm³/mol. The molecule has 30 heavy (non-hydrogen) atoms. The number of aryl methyl sites for hydroxylation is 1. The smallest absolute Gasteiger partial charge is 0.264 e. The van der Waals surface area contributed by atoms with Gasteiger partial charge >= 0.3 is 0 Å². The summed E-state index contributed by atoms with van der Waals surface area (Å²) in [6.07, 6.45) is 0.891. The Kier molecular flexibility index (Phi) is 4.45. The van der Waals surface area contributed by atoms with Crippen molar-refractivity contribution in [2.45, 2.75) is 26.3 Å². The highest BCUT2D eigenvalue weighted by atomic mass is 35.5. The molecule has 0 aliphatic carbocycles. The molecular formula is C22H18ClN5OS. The lowest BCUT2D eigenvalue weighted by Gasteiger charge is -2.23. The molecule has 0 saturated carbocycles. The van der Waals surface area contributed by atoms with E-state index in [-0.39, 0.29) is 11.6 Å². The van der Waals surface area contributed by atoms with E-state index < -0.39 is 0 Å². The number of aromatic amines is 1. The summed E-state index contributed by atoms with van der Waals surface area (Å²) in [5, 5.41) is 0.926. The van der Waals surface area contributed by atoms with Crippen LogP contribution in [0, 0.1) is 11.6 Å². The summed E-state index contributed by atoms with van der Waals surface area (Å²) in [5.74, 6) is 1.13. The molecule has 1 atom stereocenters. The van der Waals surface area contributed by atoms with Crippen LogP contribution in [0.15, 0.2) is 53.3 Å². The first kappa shape index (κ1) is 19.0. The van der Waals surface area contributed by atoms with Crippen molar-refractivity contribution < 1.29 is 0 Å². The molecule has 6 nitrogen and oxygen atoms in total. The Morgan fingerprint density at radius 1 is 1.13 bits per heavy atom. The zero-order chi connectivity index (χ0) is 21.0. The Balaban J connectivity index is 1.71. The first-order valence-electron chi connectivity index (χ1n) is 9.61. The van der Waals surface area contributed by atoms with Crippen LogP contribution in [-0.4, -0.2) is 25.6 Å². The Labute approximate surface area is 182 Å². The fraction of sp³-hybridized carbons (Fsp3) is 0.182. The van der Waals surface area contributed by atoms with E-state index in [0.717, 1.165) is 17.8 Å². The highest BCUT2D eigenvalue weighted by Gasteiger charge is 2.29. The standard InChI is InChI=1S/C22H18ClN5OS/c1-12-11-14-5-3-4-6-17(14)27(12)22-25-19-18(20(29)26-22)21(30)28(13(2)24-19)16-9-7-15(23)8-10-16/h3-10,12H,11H2,1-2H3,(H,25,26,29)/t12-/m1/s1. The van der Waals surface area contributed by atoms with Crippen molar-refractivity contribution in [1.29, 1.82) is 0 Å². The average molecular weight is 436 g/mol. The monoisotopic (exact) mass is 435 g/mol. The van der Waals surface area contributed by atoms with E-state index in [0.29, 0.717) is 32.5 Å². The van der Waals surface area contributed by atoms with Crippen molar-refractivity contribution in [3.05, 3.63) is 79.9 Å². The van der Waals surface area contributed by atoms with Gasteiger partial charge in [0.05, 0.1) is 0 Å². The molecule has 0 unspecified atom stereocenters. The molecular weight excluding hydrogens is 418 g/mol. The predicted octanol–water partition coefficient (Wildman–Crippen LogP) is 4.88. The minimum absolute atomic E-state index is 0.176. The fourth-order valence-corrected chi connectivity index (χ4v) is 4.63. The number of aromatic nitrogens is 4. The number of fused-ring (bicyclic) bond motifs is 2. The quantitative estimate of drug-likeness (QED) is 0.454. The van der Waals surface area contributed by atoms with Crippen molar-refractivity contribution in [2.75, 3.05) is 4.90 Å². The molecule has 0 spiro atoms. The number of anilines is 2. The molecule has 2 aromatic carbocycles. The minimum atomic E-state index is -0.299. The van der Waals surface area contributed by atoms with Crippen LogP contribution in [0.1, 0.15) is 18.3 Å². The maximum atomic E-state index is 13.1. The molecule has 1 aliphatic heterocycles. The van der Waals surface area contributed by atoms with E-state index in [1.807, 2.05) is 37.3 Å². The lowest BCUT2D eigenvalue weighted by molar-refractivity contribution is 0.739. The van der Waals surface area contributed by atoms with Gasteiger partial charge in [0.2, 0.25) is 5.95 Å². The van der Waals surface area contributed by atoms with Crippen molar-refractivity contribution in [3.63, 3.8) is 0 Å². The van der Waals surface area contributed by atoms with Gasteiger partial charge in [-0.3, -0.25) is 14.3 Å². The van der Waals surface area contributed by atoms with Gasteiger partial charge in [0, 0.05) is 22.4 Å². The lowest BCUT2D eigenvalue weighted by atomic mass is 10.1. The van der Waals surface area contributed by atoms with Crippen LogP contribution >= 0.6 is 23.8 Å². The van der Waals surface area contributed by atoms with Gasteiger partial charge in [-0.25, -0.2) is 4.98 Å². The summed E-state index contributed by atoms with van der Waals surface area (Å²) < 4.78 is 2.13. The molecule has 0 radical (unpaired) electrons.